The van der Waals surface area contributed by atoms with Crippen molar-refractivity contribution in [2.24, 2.45) is 17.3 Å². The molecule has 1 aliphatic heterocycles. The van der Waals surface area contributed by atoms with Gasteiger partial charge in [0.25, 0.3) is 0 Å². The molecule has 0 amide bonds. The van der Waals surface area contributed by atoms with E-state index >= 15 is 0 Å². The zero-order chi connectivity index (χ0) is 10.7. The molecule has 0 spiro atoms. The number of fused-ring (bicyclic) bond motifs is 2. The molecule has 0 radical (unpaired) electrons. The van der Waals surface area contributed by atoms with Crippen molar-refractivity contribution in [3.63, 3.8) is 0 Å². The third kappa shape index (κ3) is 1.47. The van der Waals surface area contributed by atoms with Crippen LogP contribution in [0.3, 0.4) is 0 Å². The summed E-state index contributed by atoms with van der Waals surface area (Å²) in [4.78, 5) is 0. The average Bonchev–Trinajstić information content (AvgIpc) is 2.96. The lowest BCUT2D eigenvalue weighted by atomic mass is 9.95. The highest BCUT2D eigenvalue weighted by Crippen LogP contribution is 2.62. The summed E-state index contributed by atoms with van der Waals surface area (Å²) in [6.45, 7) is 7.13. The van der Waals surface area contributed by atoms with Crippen molar-refractivity contribution in [3.05, 3.63) is 12.2 Å². The van der Waals surface area contributed by atoms with Crippen molar-refractivity contribution in [3.8, 4) is 0 Å². The third-order valence-corrected chi connectivity index (χ3v) is 5.07. The standard InChI is InChI=1S/C14H22O/c1-13(2)10-6-4-5-7-12-14(3,15-12)9-8-11(10)13/h4,6,10-12H,5,7-9H2,1-3H3/b6-4-/t10-,11+,12+,14+/m0/s1. The van der Waals surface area contributed by atoms with E-state index in [9.17, 15) is 0 Å². The van der Waals surface area contributed by atoms with Gasteiger partial charge in [-0.2, -0.15) is 0 Å². The van der Waals surface area contributed by atoms with Gasteiger partial charge in [0.15, 0.2) is 0 Å². The van der Waals surface area contributed by atoms with Crippen LogP contribution in [-0.2, 0) is 4.74 Å². The molecule has 2 fully saturated rings. The van der Waals surface area contributed by atoms with Crippen LogP contribution in [-0.4, -0.2) is 11.7 Å². The summed E-state index contributed by atoms with van der Waals surface area (Å²) in [6.07, 6.45) is 10.5. The molecule has 1 heteroatoms. The Hall–Kier alpha value is -0.300. The first-order valence-electron chi connectivity index (χ1n) is 6.38. The Bertz CT molecular complexity index is 304. The molecule has 0 aromatic rings. The van der Waals surface area contributed by atoms with Crippen LogP contribution >= 0.6 is 0 Å². The highest BCUT2D eigenvalue weighted by atomic mass is 16.6. The molecule has 0 N–H and O–H groups in total. The SMILES string of the molecule is CC1(C)[C@@H]2CC[C@@]3(C)O[C@@H]3CC/C=C\[C@@H]21. The molecule has 1 nitrogen and oxygen atoms in total. The molecule has 1 heterocycles. The van der Waals surface area contributed by atoms with Crippen LogP contribution in [0.15, 0.2) is 12.2 Å². The van der Waals surface area contributed by atoms with Crippen molar-refractivity contribution < 1.29 is 4.74 Å². The van der Waals surface area contributed by atoms with Gasteiger partial charge in [0.1, 0.15) is 0 Å². The number of hydrogen-bond donors (Lipinski definition) is 0. The second kappa shape index (κ2) is 2.88. The van der Waals surface area contributed by atoms with E-state index in [1.54, 1.807) is 0 Å². The molecule has 1 saturated heterocycles. The van der Waals surface area contributed by atoms with Gasteiger partial charge in [0, 0.05) is 0 Å². The Morgan fingerprint density at radius 2 is 2.00 bits per heavy atom. The van der Waals surface area contributed by atoms with Crippen LogP contribution in [0.2, 0.25) is 0 Å². The van der Waals surface area contributed by atoms with Gasteiger partial charge in [-0.15, -0.1) is 0 Å². The lowest BCUT2D eigenvalue weighted by Gasteiger charge is -2.07. The molecule has 3 rings (SSSR count). The quantitative estimate of drug-likeness (QED) is 0.436. The first-order chi connectivity index (χ1) is 7.04. The largest absolute Gasteiger partial charge is 0.366 e. The molecule has 84 valence electrons. The predicted octanol–water partition coefficient (Wildman–Crippen LogP) is 3.55. The summed E-state index contributed by atoms with van der Waals surface area (Å²) in [5.41, 5.74) is 0.802. The van der Waals surface area contributed by atoms with E-state index in [2.05, 4.69) is 32.9 Å². The van der Waals surface area contributed by atoms with Crippen molar-refractivity contribution in [2.45, 2.75) is 58.2 Å². The molecular formula is C14H22O. The van der Waals surface area contributed by atoms with Gasteiger partial charge >= 0.3 is 0 Å². The Labute approximate surface area is 92.9 Å². The van der Waals surface area contributed by atoms with E-state index in [0.29, 0.717) is 11.5 Å². The number of ether oxygens (including phenoxy) is 1. The lowest BCUT2D eigenvalue weighted by Crippen LogP contribution is -2.11. The molecule has 1 saturated carbocycles. The molecule has 0 aromatic heterocycles. The van der Waals surface area contributed by atoms with E-state index in [-0.39, 0.29) is 5.60 Å². The van der Waals surface area contributed by atoms with Gasteiger partial charge in [-0.3, -0.25) is 0 Å². The monoisotopic (exact) mass is 206 g/mol. The highest BCUT2D eigenvalue weighted by molar-refractivity contribution is 5.16. The number of hydrogen-bond acceptors (Lipinski definition) is 1. The molecule has 0 aromatic carbocycles. The summed E-state index contributed by atoms with van der Waals surface area (Å²) in [5, 5.41) is 0. The molecular weight excluding hydrogens is 184 g/mol. The maximum absolute atomic E-state index is 5.84. The van der Waals surface area contributed by atoms with E-state index in [1.165, 1.54) is 25.7 Å². The maximum atomic E-state index is 5.84. The van der Waals surface area contributed by atoms with Gasteiger partial charge in [0.2, 0.25) is 0 Å². The number of epoxide rings is 1. The number of rotatable bonds is 0. The van der Waals surface area contributed by atoms with Gasteiger partial charge in [-0.1, -0.05) is 26.0 Å². The summed E-state index contributed by atoms with van der Waals surface area (Å²) in [6, 6.07) is 0. The fourth-order valence-corrected chi connectivity index (χ4v) is 3.53. The molecule has 3 aliphatic rings. The van der Waals surface area contributed by atoms with Crippen LogP contribution in [0.5, 0.6) is 0 Å². The second-order valence-corrected chi connectivity index (χ2v) is 6.42. The van der Waals surface area contributed by atoms with E-state index in [1.807, 2.05) is 0 Å². The summed E-state index contributed by atoms with van der Waals surface area (Å²) in [7, 11) is 0. The fraction of sp³-hybridized carbons (Fsp3) is 0.857. The van der Waals surface area contributed by atoms with Crippen LogP contribution in [0, 0.1) is 17.3 Å². The van der Waals surface area contributed by atoms with Crippen molar-refractivity contribution in [2.75, 3.05) is 0 Å². The van der Waals surface area contributed by atoms with Crippen LogP contribution in [0.25, 0.3) is 0 Å². The normalized spacial score (nSPS) is 53.7. The molecule has 15 heavy (non-hydrogen) atoms. The second-order valence-electron chi connectivity index (χ2n) is 6.42. The van der Waals surface area contributed by atoms with E-state index < -0.39 is 0 Å². The highest BCUT2D eigenvalue weighted by Gasteiger charge is 2.58. The minimum atomic E-state index is 0.244. The van der Waals surface area contributed by atoms with Gasteiger partial charge in [0.05, 0.1) is 11.7 Å². The first kappa shape index (κ1) is 9.89. The lowest BCUT2D eigenvalue weighted by molar-refractivity contribution is 0.284. The fourth-order valence-electron chi connectivity index (χ4n) is 3.53. The third-order valence-electron chi connectivity index (χ3n) is 5.07. The average molecular weight is 206 g/mol. The smallest absolute Gasteiger partial charge is 0.0920 e. The summed E-state index contributed by atoms with van der Waals surface area (Å²) < 4.78 is 5.84. The molecule has 0 bridgehead atoms. The molecule has 2 aliphatic carbocycles. The zero-order valence-corrected chi connectivity index (χ0v) is 10.1. The predicted molar refractivity (Wildman–Crippen MR) is 61.6 cm³/mol. The van der Waals surface area contributed by atoms with Crippen LogP contribution in [0.4, 0.5) is 0 Å². The minimum absolute atomic E-state index is 0.244. The molecule has 4 atom stereocenters. The number of allylic oxidation sites excluding steroid dienone is 2. The first-order valence-corrected chi connectivity index (χ1v) is 6.38. The Balaban J connectivity index is 1.73. The topological polar surface area (TPSA) is 12.5 Å². The maximum Gasteiger partial charge on any atom is 0.0920 e. The Kier molecular flexibility index (Phi) is 1.90. The van der Waals surface area contributed by atoms with Crippen molar-refractivity contribution >= 4 is 0 Å². The van der Waals surface area contributed by atoms with Crippen LogP contribution < -0.4 is 0 Å². The van der Waals surface area contributed by atoms with E-state index in [4.69, 9.17) is 4.74 Å². The summed E-state index contributed by atoms with van der Waals surface area (Å²) >= 11 is 0. The Morgan fingerprint density at radius 1 is 1.20 bits per heavy atom. The van der Waals surface area contributed by atoms with Crippen LogP contribution in [0.1, 0.15) is 46.5 Å². The molecule has 0 unspecified atom stereocenters. The van der Waals surface area contributed by atoms with Gasteiger partial charge < -0.3 is 4.74 Å². The van der Waals surface area contributed by atoms with Gasteiger partial charge in [-0.25, -0.2) is 0 Å². The Morgan fingerprint density at radius 3 is 2.80 bits per heavy atom. The van der Waals surface area contributed by atoms with E-state index in [0.717, 1.165) is 11.8 Å². The van der Waals surface area contributed by atoms with Gasteiger partial charge in [-0.05, 0) is 49.9 Å². The van der Waals surface area contributed by atoms with Crippen molar-refractivity contribution in [1.82, 2.24) is 0 Å². The minimum Gasteiger partial charge on any atom is -0.366 e. The summed E-state index contributed by atoms with van der Waals surface area (Å²) in [5.74, 6) is 1.75. The zero-order valence-electron chi connectivity index (χ0n) is 10.1. The van der Waals surface area contributed by atoms with Crippen molar-refractivity contribution in [1.29, 1.82) is 0 Å².